The van der Waals surface area contributed by atoms with Gasteiger partial charge in [-0.25, -0.2) is 14.4 Å². The van der Waals surface area contributed by atoms with E-state index >= 15 is 0 Å². The fourth-order valence-corrected chi connectivity index (χ4v) is 5.40. The van der Waals surface area contributed by atoms with Crippen molar-refractivity contribution >= 4 is 53.8 Å². The number of ether oxygens (including phenoxy) is 7. The molecule has 4 amide bonds. The number of hydrogen-bond donors (Lipinski definition) is 1. The van der Waals surface area contributed by atoms with E-state index in [1.54, 1.807) is 91.0 Å². The molecule has 0 heterocycles. The number of carbonyl (C=O) groups is 9. The summed E-state index contributed by atoms with van der Waals surface area (Å²) in [5.41, 5.74) is -0.0214. The Kier molecular flexibility index (Phi) is 21.4. The first-order chi connectivity index (χ1) is 30.9. The van der Waals surface area contributed by atoms with Gasteiger partial charge in [0.1, 0.15) is 64.8 Å². The zero-order valence-corrected chi connectivity index (χ0v) is 36.9. The van der Waals surface area contributed by atoms with Crippen molar-refractivity contribution in [3.05, 3.63) is 108 Å². The number of benzene rings is 3. The van der Waals surface area contributed by atoms with E-state index in [0.29, 0.717) is 16.7 Å². The molecule has 20 heteroatoms. The van der Waals surface area contributed by atoms with Gasteiger partial charge in [-0.15, -0.1) is 0 Å². The van der Waals surface area contributed by atoms with Crippen LogP contribution in [-0.2, 0) is 81.7 Å². The van der Waals surface area contributed by atoms with Crippen LogP contribution in [0.2, 0.25) is 0 Å². The standard InChI is InChI=1S/C45H54N4O16/c1-32(65-33(2)50)37(51)21-22-38(52)46-45(29-62-39(53)23-47(3)42(56)59-26-34-15-9-6-10-16-34,30-63-40(54)24-48(4)43(57)60-27-35-17-11-7-12-18-35)31-64-41(55)25-49(5)44(58)61-28-36-19-13-8-14-20-36/h6-20,32H,21-31H2,1-5H3,(H,46,52). The summed E-state index contributed by atoms with van der Waals surface area (Å²) in [4.78, 5) is 118. The van der Waals surface area contributed by atoms with Gasteiger partial charge in [0.15, 0.2) is 11.9 Å². The molecule has 20 nitrogen and oxygen atoms in total. The predicted molar refractivity (Wildman–Crippen MR) is 227 cm³/mol. The number of likely N-dealkylation sites (N-methyl/N-ethyl adjacent to an activating group) is 3. The summed E-state index contributed by atoms with van der Waals surface area (Å²) in [7, 11) is 3.80. The third-order valence-electron chi connectivity index (χ3n) is 8.98. The van der Waals surface area contributed by atoms with Crippen molar-refractivity contribution in [2.45, 2.75) is 58.2 Å². The normalized spacial score (nSPS) is 11.1. The molecule has 65 heavy (non-hydrogen) atoms. The van der Waals surface area contributed by atoms with Gasteiger partial charge in [0.25, 0.3) is 0 Å². The number of nitrogens with one attached hydrogen (secondary N) is 1. The van der Waals surface area contributed by atoms with E-state index in [2.05, 4.69) is 5.32 Å². The summed E-state index contributed by atoms with van der Waals surface area (Å²) in [5, 5.41) is 2.53. The summed E-state index contributed by atoms with van der Waals surface area (Å²) in [6.45, 7) is -2.39. The van der Waals surface area contributed by atoms with E-state index < -0.39 is 118 Å². The second-order valence-corrected chi connectivity index (χ2v) is 14.7. The topological polar surface area (TPSA) is 240 Å². The third-order valence-corrected chi connectivity index (χ3v) is 8.98. The van der Waals surface area contributed by atoms with Crippen LogP contribution in [-0.4, -0.2) is 141 Å². The van der Waals surface area contributed by atoms with Crippen LogP contribution in [0.15, 0.2) is 91.0 Å². The first-order valence-electron chi connectivity index (χ1n) is 20.2. The molecule has 3 rings (SSSR count). The van der Waals surface area contributed by atoms with Crippen molar-refractivity contribution in [1.29, 1.82) is 0 Å². The van der Waals surface area contributed by atoms with E-state index in [4.69, 9.17) is 33.2 Å². The van der Waals surface area contributed by atoms with Gasteiger partial charge in [-0.05, 0) is 23.6 Å². The molecular formula is C45H54N4O16. The maximum Gasteiger partial charge on any atom is 0.410 e. The largest absolute Gasteiger partial charge is 0.462 e. The Morgan fingerprint density at radius 3 is 1.14 bits per heavy atom. The summed E-state index contributed by atoms with van der Waals surface area (Å²) in [6.07, 6.45) is -4.77. The van der Waals surface area contributed by atoms with Gasteiger partial charge in [0, 0.05) is 40.9 Å². The summed E-state index contributed by atoms with van der Waals surface area (Å²) in [6, 6.07) is 26.3. The lowest BCUT2D eigenvalue weighted by Crippen LogP contribution is -2.60. The van der Waals surface area contributed by atoms with E-state index in [0.717, 1.165) is 21.6 Å². The van der Waals surface area contributed by atoms with Crippen LogP contribution in [0.25, 0.3) is 0 Å². The van der Waals surface area contributed by atoms with Crippen molar-refractivity contribution in [2.24, 2.45) is 0 Å². The van der Waals surface area contributed by atoms with Crippen molar-refractivity contribution in [3.8, 4) is 0 Å². The fraction of sp³-hybridized carbons (Fsp3) is 0.400. The van der Waals surface area contributed by atoms with Crippen molar-refractivity contribution in [1.82, 2.24) is 20.0 Å². The number of nitrogens with zero attached hydrogens (tertiary/aromatic N) is 3. The van der Waals surface area contributed by atoms with Crippen LogP contribution in [0.3, 0.4) is 0 Å². The minimum Gasteiger partial charge on any atom is -0.462 e. The minimum absolute atomic E-state index is 0.0903. The van der Waals surface area contributed by atoms with Gasteiger partial charge in [-0.1, -0.05) is 91.0 Å². The Balaban J connectivity index is 1.80. The average Bonchev–Trinajstić information content (AvgIpc) is 3.29. The van der Waals surface area contributed by atoms with Crippen LogP contribution >= 0.6 is 0 Å². The number of carbonyl (C=O) groups excluding carboxylic acids is 9. The molecule has 0 radical (unpaired) electrons. The molecule has 0 spiro atoms. The molecule has 1 atom stereocenters. The molecule has 0 aliphatic heterocycles. The zero-order chi connectivity index (χ0) is 47.8. The van der Waals surface area contributed by atoms with Crippen LogP contribution in [0.1, 0.15) is 43.4 Å². The lowest BCUT2D eigenvalue weighted by Gasteiger charge is -2.33. The molecule has 0 saturated carbocycles. The molecule has 3 aromatic carbocycles. The highest BCUT2D eigenvalue weighted by Crippen LogP contribution is 2.14. The third kappa shape index (κ3) is 20.0. The number of rotatable bonds is 24. The molecule has 1 N–H and O–H groups in total. The highest BCUT2D eigenvalue weighted by molar-refractivity contribution is 5.89. The number of hydrogen-bond acceptors (Lipinski definition) is 16. The molecule has 0 aromatic heterocycles. The lowest BCUT2D eigenvalue weighted by molar-refractivity contribution is -0.160. The second-order valence-electron chi connectivity index (χ2n) is 14.7. The molecule has 3 aromatic rings. The Bertz CT molecular complexity index is 1880. The Morgan fingerprint density at radius 2 is 0.831 bits per heavy atom. The van der Waals surface area contributed by atoms with Gasteiger partial charge in [-0.2, -0.15) is 0 Å². The quantitative estimate of drug-likeness (QED) is 0.0998. The predicted octanol–water partition coefficient (Wildman–Crippen LogP) is 3.58. The number of esters is 4. The second kappa shape index (κ2) is 26.8. The Hall–Kier alpha value is -7.51. The maximum atomic E-state index is 13.5. The SMILES string of the molecule is CC(=O)OC(C)C(=O)CCC(=O)NC(COC(=O)CN(C)C(=O)OCc1ccccc1)(COC(=O)CN(C)C(=O)OCc1ccccc1)COC(=O)CN(C)C(=O)OCc1ccccc1. The molecule has 0 saturated heterocycles. The molecular weight excluding hydrogens is 853 g/mol. The van der Waals surface area contributed by atoms with Crippen LogP contribution in [0, 0.1) is 0 Å². The lowest BCUT2D eigenvalue weighted by atomic mass is 10.0. The summed E-state index contributed by atoms with van der Waals surface area (Å²) in [5.74, 6) is -5.33. The number of Topliss-reactive ketones (excluding diaryl/α,β-unsaturated/α-hetero) is 1. The smallest absolute Gasteiger partial charge is 0.410 e. The Morgan fingerprint density at radius 1 is 0.508 bits per heavy atom. The molecule has 0 aliphatic carbocycles. The molecule has 350 valence electrons. The fourth-order valence-electron chi connectivity index (χ4n) is 5.40. The minimum atomic E-state index is -2.09. The van der Waals surface area contributed by atoms with E-state index in [-0.39, 0.29) is 19.8 Å². The van der Waals surface area contributed by atoms with Crippen molar-refractivity contribution < 1.29 is 76.3 Å². The van der Waals surface area contributed by atoms with Gasteiger partial charge >= 0.3 is 42.2 Å². The highest BCUT2D eigenvalue weighted by Gasteiger charge is 2.38. The molecule has 0 bridgehead atoms. The van der Waals surface area contributed by atoms with Crippen LogP contribution in [0.4, 0.5) is 14.4 Å². The van der Waals surface area contributed by atoms with E-state index in [1.807, 2.05) is 0 Å². The number of ketones is 1. The van der Waals surface area contributed by atoms with Gasteiger partial charge in [0.05, 0.1) is 0 Å². The van der Waals surface area contributed by atoms with Crippen molar-refractivity contribution in [2.75, 3.05) is 60.6 Å². The van der Waals surface area contributed by atoms with Gasteiger partial charge in [0.2, 0.25) is 5.91 Å². The number of amides is 4. The highest BCUT2D eigenvalue weighted by atomic mass is 16.6. The molecule has 0 aliphatic rings. The molecule has 0 fully saturated rings. The van der Waals surface area contributed by atoms with Crippen molar-refractivity contribution in [3.63, 3.8) is 0 Å². The monoisotopic (exact) mass is 906 g/mol. The van der Waals surface area contributed by atoms with Crippen LogP contribution < -0.4 is 5.32 Å². The van der Waals surface area contributed by atoms with Crippen LogP contribution in [0.5, 0.6) is 0 Å². The summed E-state index contributed by atoms with van der Waals surface area (Å²) >= 11 is 0. The van der Waals surface area contributed by atoms with E-state index in [9.17, 15) is 43.2 Å². The molecule has 1 unspecified atom stereocenters. The van der Waals surface area contributed by atoms with E-state index in [1.165, 1.54) is 28.1 Å². The van der Waals surface area contributed by atoms with Gasteiger partial charge in [-0.3, -0.25) is 28.8 Å². The van der Waals surface area contributed by atoms with Gasteiger partial charge < -0.3 is 53.2 Å². The maximum absolute atomic E-state index is 13.5. The average molecular weight is 907 g/mol. The Labute approximate surface area is 375 Å². The summed E-state index contributed by atoms with van der Waals surface area (Å²) < 4.78 is 37.1. The zero-order valence-electron chi connectivity index (χ0n) is 36.9. The first kappa shape index (κ1) is 51.8. The first-order valence-corrected chi connectivity index (χ1v) is 20.2.